The van der Waals surface area contributed by atoms with Crippen LogP contribution < -0.4 is 5.32 Å². The van der Waals surface area contributed by atoms with E-state index in [2.05, 4.69) is 32.7 Å². The number of hydrogen-bond acceptors (Lipinski definition) is 5. The number of thiophene rings is 1. The summed E-state index contributed by atoms with van der Waals surface area (Å²) < 4.78 is 19.8. The summed E-state index contributed by atoms with van der Waals surface area (Å²) in [6.07, 6.45) is 3.56. The van der Waals surface area contributed by atoms with Gasteiger partial charge in [0, 0.05) is 37.1 Å². The third-order valence-corrected chi connectivity index (χ3v) is 5.52. The largest absolute Gasteiger partial charge is 0.371 e. The highest BCUT2D eigenvalue weighted by molar-refractivity contribution is 7.09. The van der Waals surface area contributed by atoms with Crippen LogP contribution in [0.2, 0.25) is 0 Å². The molecule has 4 nitrogen and oxygen atoms in total. The first kappa shape index (κ1) is 15.1. The van der Waals surface area contributed by atoms with Crippen molar-refractivity contribution < 1.29 is 9.13 Å². The highest BCUT2D eigenvalue weighted by atomic mass is 32.1. The number of anilines is 1. The van der Waals surface area contributed by atoms with Gasteiger partial charge >= 0.3 is 0 Å². The van der Waals surface area contributed by atoms with Gasteiger partial charge < -0.3 is 10.1 Å². The van der Waals surface area contributed by atoms with E-state index in [-0.39, 0.29) is 17.5 Å². The lowest BCUT2D eigenvalue weighted by Gasteiger charge is -2.23. The van der Waals surface area contributed by atoms with E-state index in [4.69, 9.17) is 4.74 Å². The summed E-state index contributed by atoms with van der Waals surface area (Å²) in [5, 5.41) is 5.31. The predicted octanol–water partition coefficient (Wildman–Crippen LogP) is 3.13. The van der Waals surface area contributed by atoms with Gasteiger partial charge in [-0.15, -0.1) is 11.3 Å². The topological polar surface area (TPSA) is 37.4 Å². The van der Waals surface area contributed by atoms with Crippen LogP contribution in [-0.4, -0.2) is 41.2 Å². The SMILES string of the molecule is Fc1cccnc1N[C@H]1CO[C@@]2(CCN(Cc3cccs3)C2)C1. The molecule has 122 valence electrons. The Labute approximate surface area is 139 Å². The Hall–Kier alpha value is -1.50. The molecule has 0 bridgehead atoms. The van der Waals surface area contributed by atoms with Crippen molar-refractivity contribution in [2.45, 2.75) is 31.0 Å². The smallest absolute Gasteiger partial charge is 0.165 e. The van der Waals surface area contributed by atoms with Crippen molar-refractivity contribution in [3.05, 3.63) is 46.5 Å². The molecule has 2 aliphatic rings. The molecule has 0 amide bonds. The Morgan fingerprint density at radius 2 is 2.39 bits per heavy atom. The lowest BCUT2D eigenvalue weighted by Crippen LogP contribution is -2.33. The third-order valence-electron chi connectivity index (χ3n) is 4.66. The van der Waals surface area contributed by atoms with Gasteiger partial charge in [-0.1, -0.05) is 6.07 Å². The van der Waals surface area contributed by atoms with Gasteiger partial charge in [0.05, 0.1) is 18.2 Å². The zero-order valence-electron chi connectivity index (χ0n) is 12.9. The van der Waals surface area contributed by atoms with E-state index in [0.29, 0.717) is 12.4 Å². The van der Waals surface area contributed by atoms with Gasteiger partial charge in [0.15, 0.2) is 11.6 Å². The van der Waals surface area contributed by atoms with Gasteiger partial charge in [0.25, 0.3) is 0 Å². The van der Waals surface area contributed by atoms with Crippen molar-refractivity contribution in [1.82, 2.24) is 9.88 Å². The van der Waals surface area contributed by atoms with Crippen molar-refractivity contribution in [3.63, 3.8) is 0 Å². The van der Waals surface area contributed by atoms with Crippen LogP contribution in [0.15, 0.2) is 35.8 Å². The molecular formula is C17H20FN3OS. The molecule has 2 atom stereocenters. The lowest BCUT2D eigenvalue weighted by atomic mass is 9.97. The average molecular weight is 333 g/mol. The van der Waals surface area contributed by atoms with Gasteiger partial charge in [-0.2, -0.15) is 0 Å². The van der Waals surface area contributed by atoms with Crippen molar-refractivity contribution in [3.8, 4) is 0 Å². The first-order valence-electron chi connectivity index (χ1n) is 7.98. The minimum Gasteiger partial charge on any atom is -0.371 e. The molecule has 4 heterocycles. The second-order valence-corrected chi connectivity index (χ2v) is 7.45. The van der Waals surface area contributed by atoms with E-state index in [1.54, 1.807) is 23.6 Å². The van der Waals surface area contributed by atoms with Crippen LogP contribution in [0.4, 0.5) is 10.2 Å². The van der Waals surface area contributed by atoms with E-state index < -0.39 is 0 Å². The average Bonchev–Trinajstić information content (AvgIpc) is 3.26. The minimum atomic E-state index is -0.306. The van der Waals surface area contributed by atoms with Crippen LogP contribution in [0, 0.1) is 5.82 Å². The molecule has 0 aromatic carbocycles. The highest BCUT2D eigenvalue weighted by Gasteiger charge is 2.45. The monoisotopic (exact) mass is 333 g/mol. The molecule has 0 radical (unpaired) electrons. The fourth-order valence-electron chi connectivity index (χ4n) is 3.59. The molecule has 2 aliphatic heterocycles. The maximum Gasteiger partial charge on any atom is 0.165 e. The zero-order chi connectivity index (χ0) is 15.7. The minimum absolute atomic E-state index is 0.0832. The number of likely N-dealkylation sites (tertiary alicyclic amines) is 1. The Balaban J connectivity index is 1.36. The summed E-state index contributed by atoms with van der Waals surface area (Å²) in [5.74, 6) is 0.0192. The van der Waals surface area contributed by atoms with Crippen LogP contribution in [0.25, 0.3) is 0 Å². The molecule has 6 heteroatoms. The summed E-state index contributed by atoms with van der Waals surface area (Å²) in [5.41, 5.74) is -0.0832. The fraction of sp³-hybridized carbons (Fsp3) is 0.471. The lowest BCUT2D eigenvalue weighted by molar-refractivity contribution is 0.0120. The van der Waals surface area contributed by atoms with Crippen LogP contribution in [0.5, 0.6) is 0 Å². The molecule has 0 saturated carbocycles. The molecule has 23 heavy (non-hydrogen) atoms. The Kier molecular flexibility index (Phi) is 4.05. The van der Waals surface area contributed by atoms with Gasteiger partial charge in [-0.25, -0.2) is 9.37 Å². The predicted molar refractivity (Wildman–Crippen MR) is 89.1 cm³/mol. The molecule has 2 fully saturated rings. The summed E-state index contributed by atoms with van der Waals surface area (Å²) in [4.78, 5) is 7.92. The molecule has 0 aliphatic carbocycles. The van der Waals surface area contributed by atoms with Crippen LogP contribution in [0.3, 0.4) is 0 Å². The van der Waals surface area contributed by atoms with Crippen molar-refractivity contribution in [1.29, 1.82) is 0 Å². The zero-order valence-corrected chi connectivity index (χ0v) is 13.7. The van der Waals surface area contributed by atoms with Crippen molar-refractivity contribution >= 4 is 17.2 Å². The summed E-state index contributed by atoms with van der Waals surface area (Å²) in [7, 11) is 0. The molecule has 0 unspecified atom stereocenters. The molecule has 4 rings (SSSR count). The van der Waals surface area contributed by atoms with E-state index in [0.717, 1.165) is 32.5 Å². The molecule has 2 aromatic rings. The first-order valence-corrected chi connectivity index (χ1v) is 8.86. The molecule has 2 aromatic heterocycles. The molecule has 2 saturated heterocycles. The summed E-state index contributed by atoms with van der Waals surface area (Å²) in [6.45, 7) is 3.62. The van der Waals surface area contributed by atoms with Crippen molar-refractivity contribution in [2.24, 2.45) is 0 Å². The normalized spacial score (nSPS) is 27.8. The van der Waals surface area contributed by atoms with E-state index in [1.807, 2.05) is 0 Å². The van der Waals surface area contributed by atoms with Crippen LogP contribution >= 0.6 is 11.3 Å². The Bertz CT molecular complexity index is 666. The summed E-state index contributed by atoms with van der Waals surface area (Å²) >= 11 is 1.80. The van der Waals surface area contributed by atoms with Crippen molar-refractivity contribution in [2.75, 3.05) is 25.0 Å². The number of pyridine rings is 1. The molecule has 1 N–H and O–H groups in total. The first-order chi connectivity index (χ1) is 11.2. The van der Waals surface area contributed by atoms with E-state index >= 15 is 0 Å². The quantitative estimate of drug-likeness (QED) is 0.933. The number of ether oxygens (including phenoxy) is 1. The maximum absolute atomic E-state index is 13.7. The third kappa shape index (κ3) is 3.24. The summed E-state index contributed by atoms with van der Waals surface area (Å²) in [6, 6.07) is 7.44. The standard InChI is InChI=1S/C17H20FN3OS/c18-15-4-1-6-19-16(15)20-13-9-17(22-11-13)5-7-21(12-17)10-14-3-2-8-23-14/h1-4,6,8,13H,5,7,9-12H2,(H,19,20)/t13-,17+/m1/s1. The number of rotatable bonds is 4. The number of nitrogens with zero attached hydrogens (tertiary/aromatic N) is 2. The fourth-order valence-corrected chi connectivity index (χ4v) is 4.34. The van der Waals surface area contributed by atoms with Gasteiger partial charge in [0.1, 0.15) is 0 Å². The van der Waals surface area contributed by atoms with Gasteiger partial charge in [0.2, 0.25) is 0 Å². The van der Waals surface area contributed by atoms with Crippen LogP contribution in [-0.2, 0) is 11.3 Å². The maximum atomic E-state index is 13.7. The number of hydrogen-bond donors (Lipinski definition) is 1. The van der Waals surface area contributed by atoms with E-state index in [1.165, 1.54) is 10.9 Å². The number of aromatic nitrogens is 1. The second kappa shape index (κ2) is 6.19. The van der Waals surface area contributed by atoms with Gasteiger partial charge in [-0.05, 0) is 30.0 Å². The van der Waals surface area contributed by atoms with Gasteiger partial charge in [-0.3, -0.25) is 4.90 Å². The Morgan fingerprint density at radius 3 is 3.22 bits per heavy atom. The number of nitrogens with one attached hydrogen (secondary N) is 1. The highest BCUT2D eigenvalue weighted by Crippen LogP contribution is 2.36. The molecular weight excluding hydrogens is 313 g/mol. The molecule has 1 spiro atoms. The number of halogens is 1. The van der Waals surface area contributed by atoms with Crippen LogP contribution in [0.1, 0.15) is 17.7 Å². The van der Waals surface area contributed by atoms with E-state index in [9.17, 15) is 4.39 Å². The Morgan fingerprint density at radius 1 is 1.43 bits per heavy atom. The second-order valence-electron chi connectivity index (χ2n) is 6.41.